The maximum Gasteiger partial charge on any atom is 0.293 e. The van der Waals surface area contributed by atoms with E-state index in [0.717, 1.165) is 33.7 Å². The minimum absolute atomic E-state index is 0.0424. The number of fused-ring (bicyclic) bond motifs is 1. The van der Waals surface area contributed by atoms with Crippen LogP contribution in [0.2, 0.25) is 0 Å². The van der Waals surface area contributed by atoms with Crippen LogP contribution in [0.25, 0.3) is 16.8 Å². The number of imide groups is 1. The van der Waals surface area contributed by atoms with Crippen LogP contribution in [0.1, 0.15) is 22.3 Å². The number of thioether (sulfide) groups is 1. The number of aryl methyl sites for hydroxylation is 1. The molecule has 1 aliphatic heterocycles. The van der Waals surface area contributed by atoms with Crippen molar-refractivity contribution in [2.75, 3.05) is 0 Å². The van der Waals surface area contributed by atoms with Crippen molar-refractivity contribution in [2.24, 2.45) is 0 Å². The van der Waals surface area contributed by atoms with Gasteiger partial charge in [0, 0.05) is 11.1 Å². The molecule has 174 valence electrons. The van der Waals surface area contributed by atoms with Crippen LogP contribution in [0.4, 0.5) is 9.18 Å². The standard InChI is InChI=1S/C29H22FNO3S/c1-19-10-12-20(13-11-19)17-31-28(32)27(35-29(31)33)16-24-23-8-4-2-6-21(23)14-15-26(24)34-18-22-7-3-5-9-25(22)30/h2-16H,17-18H2,1H3/b27-16-. The predicted octanol–water partition coefficient (Wildman–Crippen LogP) is 7.10. The largest absolute Gasteiger partial charge is 0.488 e. The van der Waals surface area contributed by atoms with Crippen molar-refractivity contribution >= 4 is 39.8 Å². The van der Waals surface area contributed by atoms with Gasteiger partial charge in [-0.1, -0.05) is 78.4 Å². The summed E-state index contributed by atoms with van der Waals surface area (Å²) >= 11 is 0.916. The quantitative estimate of drug-likeness (QED) is 0.274. The van der Waals surface area contributed by atoms with Crippen LogP contribution in [-0.4, -0.2) is 16.0 Å². The van der Waals surface area contributed by atoms with Crippen LogP contribution in [0.3, 0.4) is 0 Å². The molecule has 0 aromatic heterocycles. The summed E-state index contributed by atoms with van der Waals surface area (Å²) in [5.74, 6) is -0.169. The first-order chi connectivity index (χ1) is 17.0. The Hall–Kier alpha value is -3.90. The van der Waals surface area contributed by atoms with E-state index in [0.29, 0.717) is 21.8 Å². The number of nitrogens with zero attached hydrogens (tertiary/aromatic N) is 1. The fourth-order valence-electron chi connectivity index (χ4n) is 3.96. The summed E-state index contributed by atoms with van der Waals surface area (Å²) in [5.41, 5.74) is 3.12. The normalized spacial score (nSPS) is 14.8. The van der Waals surface area contributed by atoms with E-state index in [-0.39, 0.29) is 30.1 Å². The van der Waals surface area contributed by atoms with Crippen LogP contribution in [0.15, 0.2) is 89.8 Å². The lowest BCUT2D eigenvalue weighted by Gasteiger charge is -2.14. The first kappa shape index (κ1) is 22.9. The summed E-state index contributed by atoms with van der Waals surface area (Å²) in [5, 5.41) is 1.54. The molecule has 1 fully saturated rings. The Morgan fingerprint density at radius 1 is 0.914 bits per heavy atom. The van der Waals surface area contributed by atoms with E-state index in [1.807, 2.05) is 67.6 Å². The highest BCUT2D eigenvalue weighted by atomic mass is 32.2. The first-order valence-corrected chi connectivity index (χ1v) is 12.0. The number of hydrogen-bond acceptors (Lipinski definition) is 4. The molecule has 4 aromatic carbocycles. The molecule has 1 heterocycles. The molecule has 0 radical (unpaired) electrons. The lowest BCUT2D eigenvalue weighted by atomic mass is 10.0. The van der Waals surface area contributed by atoms with Gasteiger partial charge in [-0.05, 0) is 53.2 Å². The highest BCUT2D eigenvalue weighted by Gasteiger charge is 2.35. The Morgan fingerprint density at radius 3 is 2.46 bits per heavy atom. The minimum Gasteiger partial charge on any atom is -0.488 e. The number of ether oxygens (including phenoxy) is 1. The van der Waals surface area contributed by atoms with Crippen molar-refractivity contribution in [3.8, 4) is 5.75 Å². The molecule has 0 bridgehead atoms. The van der Waals surface area contributed by atoms with Gasteiger partial charge in [-0.25, -0.2) is 4.39 Å². The van der Waals surface area contributed by atoms with E-state index < -0.39 is 0 Å². The summed E-state index contributed by atoms with van der Waals surface area (Å²) in [4.78, 5) is 27.5. The third kappa shape index (κ3) is 4.84. The van der Waals surface area contributed by atoms with Crippen molar-refractivity contribution in [3.05, 3.63) is 118 Å². The molecule has 1 aliphatic rings. The molecule has 0 saturated carbocycles. The summed E-state index contributed by atoms with van der Waals surface area (Å²) in [7, 11) is 0. The predicted molar refractivity (Wildman–Crippen MR) is 137 cm³/mol. The van der Waals surface area contributed by atoms with Crippen molar-refractivity contribution < 1.29 is 18.7 Å². The molecule has 6 heteroatoms. The van der Waals surface area contributed by atoms with Crippen molar-refractivity contribution in [3.63, 3.8) is 0 Å². The number of rotatable bonds is 6. The number of hydrogen-bond donors (Lipinski definition) is 0. The van der Waals surface area contributed by atoms with Crippen molar-refractivity contribution in [1.29, 1.82) is 0 Å². The fourth-order valence-corrected chi connectivity index (χ4v) is 4.78. The topological polar surface area (TPSA) is 46.6 Å². The molecule has 4 nitrogen and oxygen atoms in total. The fraction of sp³-hybridized carbons (Fsp3) is 0.103. The van der Waals surface area contributed by atoms with Gasteiger partial charge in [0.05, 0.1) is 11.4 Å². The molecule has 0 N–H and O–H groups in total. The van der Waals surface area contributed by atoms with Gasteiger partial charge in [-0.15, -0.1) is 0 Å². The summed E-state index contributed by atoms with van der Waals surface area (Å²) in [6, 6.07) is 25.7. The third-order valence-corrected chi connectivity index (χ3v) is 6.79. The third-order valence-electron chi connectivity index (χ3n) is 5.88. The maximum absolute atomic E-state index is 14.1. The van der Waals surface area contributed by atoms with Gasteiger partial charge in [-0.3, -0.25) is 14.5 Å². The van der Waals surface area contributed by atoms with Crippen LogP contribution < -0.4 is 4.74 Å². The van der Waals surface area contributed by atoms with Gasteiger partial charge in [0.1, 0.15) is 18.2 Å². The van der Waals surface area contributed by atoms with E-state index in [4.69, 9.17) is 4.74 Å². The molecular weight excluding hydrogens is 461 g/mol. The number of benzene rings is 4. The molecule has 0 unspecified atom stereocenters. The Balaban J connectivity index is 1.48. The van der Waals surface area contributed by atoms with Gasteiger partial charge >= 0.3 is 0 Å². The molecule has 0 atom stereocenters. The second-order valence-electron chi connectivity index (χ2n) is 8.33. The number of amides is 2. The van der Waals surface area contributed by atoms with Gasteiger partial charge in [0.15, 0.2) is 0 Å². The molecule has 35 heavy (non-hydrogen) atoms. The highest BCUT2D eigenvalue weighted by Crippen LogP contribution is 2.37. The highest BCUT2D eigenvalue weighted by molar-refractivity contribution is 8.18. The molecule has 0 aliphatic carbocycles. The summed E-state index contributed by atoms with van der Waals surface area (Å²) < 4.78 is 20.1. The second-order valence-corrected chi connectivity index (χ2v) is 9.33. The Bertz CT molecular complexity index is 1460. The SMILES string of the molecule is Cc1ccc(CN2C(=O)S/C(=C\c3c(OCc4ccccc4F)ccc4ccccc34)C2=O)cc1. The van der Waals surface area contributed by atoms with Gasteiger partial charge < -0.3 is 4.74 Å². The minimum atomic E-state index is -0.341. The van der Waals surface area contributed by atoms with E-state index in [9.17, 15) is 14.0 Å². The van der Waals surface area contributed by atoms with Gasteiger partial charge in [-0.2, -0.15) is 0 Å². The van der Waals surface area contributed by atoms with Crippen LogP contribution in [0, 0.1) is 12.7 Å². The van der Waals surface area contributed by atoms with Gasteiger partial charge in [0.25, 0.3) is 11.1 Å². The van der Waals surface area contributed by atoms with E-state index in [1.165, 1.54) is 11.0 Å². The zero-order valence-corrected chi connectivity index (χ0v) is 19.8. The van der Waals surface area contributed by atoms with E-state index >= 15 is 0 Å². The lowest BCUT2D eigenvalue weighted by molar-refractivity contribution is -0.123. The van der Waals surface area contributed by atoms with Gasteiger partial charge in [0.2, 0.25) is 0 Å². The number of carbonyl (C=O) groups is 2. The maximum atomic E-state index is 14.1. The van der Waals surface area contributed by atoms with E-state index in [1.54, 1.807) is 24.3 Å². The van der Waals surface area contributed by atoms with Crippen LogP contribution >= 0.6 is 11.8 Å². The molecule has 4 aromatic rings. The molecular formula is C29H22FNO3S. The zero-order chi connectivity index (χ0) is 24.4. The Morgan fingerprint density at radius 2 is 1.66 bits per heavy atom. The monoisotopic (exact) mass is 483 g/mol. The Kier molecular flexibility index (Phi) is 6.38. The average molecular weight is 484 g/mol. The molecule has 0 spiro atoms. The van der Waals surface area contributed by atoms with E-state index in [2.05, 4.69) is 0 Å². The number of carbonyl (C=O) groups excluding carboxylic acids is 2. The molecule has 2 amide bonds. The molecule has 5 rings (SSSR count). The average Bonchev–Trinajstić information content (AvgIpc) is 3.13. The van der Waals surface area contributed by atoms with Crippen LogP contribution in [-0.2, 0) is 17.9 Å². The lowest BCUT2D eigenvalue weighted by Crippen LogP contribution is -2.27. The first-order valence-electron chi connectivity index (χ1n) is 11.2. The zero-order valence-electron chi connectivity index (χ0n) is 19.0. The smallest absolute Gasteiger partial charge is 0.293 e. The molecule has 1 saturated heterocycles. The summed E-state index contributed by atoms with van der Waals surface area (Å²) in [6.07, 6.45) is 1.71. The van der Waals surface area contributed by atoms with Crippen molar-refractivity contribution in [1.82, 2.24) is 4.90 Å². The van der Waals surface area contributed by atoms with Crippen molar-refractivity contribution in [2.45, 2.75) is 20.1 Å². The second kappa shape index (κ2) is 9.76. The van der Waals surface area contributed by atoms with Crippen LogP contribution in [0.5, 0.6) is 5.75 Å². The summed E-state index contributed by atoms with van der Waals surface area (Å²) in [6.45, 7) is 2.25. The Labute approximate surface area is 207 Å². The number of halogens is 1.